The highest BCUT2D eigenvalue weighted by Crippen LogP contribution is 2.58. The first-order valence-corrected chi connectivity index (χ1v) is 13.4. The van der Waals surface area contributed by atoms with Crippen LogP contribution in [-0.4, -0.2) is 24.1 Å². The molecule has 2 aromatic carbocycles. The van der Waals surface area contributed by atoms with Crippen molar-refractivity contribution in [2.45, 2.75) is 83.8 Å². The number of ether oxygens (including phenoxy) is 2. The van der Waals surface area contributed by atoms with E-state index in [9.17, 15) is 9.59 Å². The second-order valence-corrected chi connectivity index (χ2v) is 11.6. The maximum absolute atomic E-state index is 13.1. The number of esters is 2. The Kier molecular flexibility index (Phi) is 6.74. The average Bonchev–Trinajstić information content (AvgIpc) is 3.47. The molecule has 0 radical (unpaired) electrons. The van der Waals surface area contributed by atoms with Crippen LogP contribution in [-0.2, 0) is 9.47 Å². The Morgan fingerprint density at radius 1 is 0.629 bits per heavy atom. The highest BCUT2D eigenvalue weighted by Gasteiger charge is 2.53. The van der Waals surface area contributed by atoms with Gasteiger partial charge in [-0.15, -0.1) is 0 Å². The molecule has 0 amide bonds. The lowest BCUT2D eigenvalue weighted by molar-refractivity contribution is -0.0822. The smallest absolute Gasteiger partial charge is 0.338 e. The Bertz CT molecular complexity index is 967. The molecule has 6 unspecified atom stereocenters. The minimum atomic E-state index is -0.397. The summed E-state index contributed by atoms with van der Waals surface area (Å²) >= 11 is 0. The first-order valence-electron chi connectivity index (χ1n) is 13.4. The largest absolute Gasteiger partial charge is 0.455 e. The van der Waals surface area contributed by atoms with Crippen LogP contribution in [0.5, 0.6) is 0 Å². The quantitative estimate of drug-likeness (QED) is 0.418. The predicted octanol–water partition coefficient (Wildman–Crippen LogP) is 7.14. The van der Waals surface area contributed by atoms with Gasteiger partial charge in [0, 0.05) is 0 Å². The van der Waals surface area contributed by atoms with Crippen LogP contribution in [0.2, 0.25) is 0 Å². The number of carbonyl (C=O) groups excluding carboxylic acids is 2. The minimum Gasteiger partial charge on any atom is -0.455 e. The summed E-state index contributed by atoms with van der Waals surface area (Å²) in [5.41, 5.74) is 3.50. The van der Waals surface area contributed by atoms with E-state index in [2.05, 4.69) is 27.7 Å². The molecule has 0 N–H and O–H groups in total. The van der Waals surface area contributed by atoms with Gasteiger partial charge in [0.1, 0.15) is 12.2 Å². The van der Waals surface area contributed by atoms with Crippen molar-refractivity contribution in [3.05, 3.63) is 70.8 Å². The molecule has 0 saturated heterocycles. The molecule has 3 aliphatic carbocycles. The van der Waals surface area contributed by atoms with E-state index in [1.165, 1.54) is 30.4 Å². The molecule has 0 aromatic heterocycles. The van der Waals surface area contributed by atoms with E-state index in [1.54, 1.807) is 0 Å². The Morgan fingerprint density at radius 2 is 1.00 bits per heavy atom. The Morgan fingerprint density at radius 3 is 1.34 bits per heavy atom. The second-order valence-electron chi connectivity index (χ2n) is 11.6. The summed E-state index contributed by atoms with van der Waals surface area (Å²) in [6.45, 7) is 8.54. The fraction of sp³-hybridized carbons (Fsp3) is 0.548. The van der Waals surface area contributed by atoms with Gasteiger partial charge in [-0.2, -0.15) is 0 Å². The van der Waals surface area contributed by atoms with Gasteiger partial charge in [0.05, 0.1) is 11.1 Å². The van der Waals surface area contributed by atoms with E-state index in [1.807, 2.05) is 48.5 Å². The van der Waals surface area contributed by atoms with Crippen molar-refractivity contribution in [1.29, 1.82) is 0 Å². The standard InChI is InChI=1S/C31H38O4/c1-18(2)20-5-9-22(10-6-20)30(32)34-28-16-26-24-13-14-25(15-24)27(26)17-29(28)35-31(33)23-11-7-21(8-12-23)19(3)4/h5-12,18-19,24-29H,13-17H2,1-4H3. The van der Waals surface area contributed by atoms with E-state index >= 15 is 0 Å². The third-order valence-corrected chi connectivity index (χ3v) is 8.84. The molecule has 186 valence electrons. The number of hydrogen-bond donors (Lipinski definition) is 0. The molecule has 4 heteroatoms. The summed E-state index contributed by atoms with van der Waals surface area (Å²) < 4.78 is 12.2. The molecule has 2 bridgehead atoms. The fourth-order valence-electron chi connectivity index (χ4n) is 6.77. The highest BCUT2D eigenvalue weighted by atomic mass is 16.6. The molecule has 3 fully saturated rings. The van der Waals surface area contributed by atoms with Crippen LogP contribution in [0, 0.1) is 23.7 Å². The molecule has 2 aromatic rings. The van der Waals surface area contributed by atoms with Crippen LogP contribution in [0.4, 0.5) is 0 Å². The van der Waals surface area contributed by atoms with Crippen LogP contribution in [0.15, 0.2) is 48.5 Å². The molecular formula is C31H38O4. The summed E-state index contributed by atoms with van der Waals surface area (Å²) in [6, 6.07) is 15.4. The van der Waals surface area contributed by atoms with Crippen molar-refractivity contribution in [3.63, 3.8) is 0 Å². The third-order valence-electron chi connectivity index (χ3n) is 8.84. The van der Waals surface area contributed by atoms with Gasteiger partial charge >= 0.3 is 11.9 Å². The molecule has 3 aliphatic rings. The summed E-state index contributed by atoms with van der Waals surface area (Å²) in [5, 5.41) is 0. The first kappa shape index (κ1) is 24.1. The number of fused-ring (bicyclic) bond motifs is 5. The summed E-state index contributed by atoms with van der Waals surface area (Å²) in [5.74, 6) is 2.79. The number of hydrogen-bond acceptors (Lipinski definition) is 4. The van der Waals surface area contributed by atoms with E-state index in [4.69, 9.17) is 9.47 Å². The first-order chi connectivity index (χ1) is 16.8. The van der Waals surface area contributed by atoms with Gasteiger partial charge in [-0.25, -0.2) is 9.59 Å². The van der Waals surface area contributed by atoms with Gasteiger partial charge in [-0.1, -0.05) is 52.0 Å². The van der Waals surface area contributed by atoms with Gasteiger partial charge in [0.25, 0.3) is 0 Å². The number of carbonyl (C=O) groups is 2. The van der Waals surface area contributed by atoms with E-state index in [0.29, 0.717) is 34.8 Å². The monoisotopic (exact) mass is 474 g/mol. The zero-order chi connectivity index (χ0) is 24.7. The molecule has 0 spiro atoms. The minimum absolute atomic E-state index is 0.325. The number of rotatable bonds is 6. The van der Waals surface area contributed by atoms with Crippen molar-refractivity contribution < 1.29 is 19.1 Å². The molecular weight excluding hydrogens is 436 g/mol. The predicted molar refractivity (Wildman–Crippen MR) is 137 cm³/mol. The van der Waals surface area contributed by atoms with Crippen molar-refractivity contribution in [2.24, 2.45) is 23.7 Å². The lowest BCUT2D eigenvalue weighted by Crippen LogP contribution is -2.45. The SMILES string of the molecule is CC(C)c1ccc(C(=O)OC2CC3C4CCC(C4)C3CC2OC(=O)c2ccc(C(C)C)cc2)cc1. The maximum Gasteiger partial charge on any atom is 0.338 e. The van der Waals surface area contributed by atoms with Crippen molar-refractivity contribution >= 4 is 11.9 Å². The average molecular weight is 475 g/mol. The second kappa shape index (κ2) is 9.79. The Balaban J connectivity index is 1.32. The lowest BCUT2D eigenvalue weighted by atomic mass is 9.69. The van der Waals surface area contributed by atoms with E-state index < -0.39 is 12.2 Å². The Hall–Kier alpha value is -2.62. The molecule has 0 heterocycles. The molecule has 6 atom stereocenters. The summed E-state index contributed by atoms with van der Waals surface area (Å²) in [6.07, 6.45) is 4.66. The van der Waals surface area contributed by atoms with Crippen molar-refractivity contribution in [2.75, 3.05) is 0 Å². The van der Waals surface area contributed by atoms with Crippen molar-refractivity contribution in [3.8, 4) is 0 Å². The lowest BCUT2D eigenvalue weighted by Gasteiger charge is -2.42. The summed E-state index contributed by atoms with van der Waals surface area (Å²) in [4.78, 5) is 26.2. The maximum atomic E-state index is 13.1. The van der Waals surface area contributed by atoms with Crippen LogP contribution in [0.3, 0.4) is 0 Å². The normalized spacial score (nSPS) is 29.3. The molecule has 0 aliphatic heterocycles. The van der Waals surface area contributed by atoms with Crippen molar-refractivity contribution in [1.82, 2.24) is 0 Å². The third kappa shape index (κ3) is 4.90. The zero-order valence-corrected chi connectivity index (χ0v) is 21.4. The van der Waals surface area contributed by atoms with Gasteiger partial charge in [-0.05, 0) is 103 Å². The van der Waals surface area contributed by atoms with E-state index in [0.717, 1.165) is 24.7 Å². The summed E-state index contributed by atoms with van der Waals surface area (Å²) in [7, 11) is 0. The van der Waals surface area contributed by atoms with Gasteiger partial charge in [0.2, 0.25) is 0 Å². The highest BCUT2D eigenvalue weighted by molar-refractivity contribution is 5.90. The molecule has 4 nitrogen and oxygen atoms in total. The molecule has 35 heavy (non-hydrogen) atoms. The van der Waals surface area contributed by atoms with E-state index in [-0.39, 0.29) is 11.9 Å². The van der Waals surface area contributed by atoms with Crippen LogP contribution in [0.25, 0.3) is 0 Å². The number of benzene rings is 2. The molecule has 5 rings (SSSR count). The van der Waals surface area contributed by atoms with Crippen LogP contribution >= 0.6 is 0 Å². The topological polar surface area (TPSA) is 52.6 Å². The van der Waals surface area contributed by atoms with Gasteiger partial charge in [0.15, 0.2) is 0 Å². The fourth-order valence-corrected chi connectivity index (χ4v) is 6.77. The van der Waals surface area contributed by atoms with Gasteiger partial charge < -0.3 is 9.47 Å². The van der Waals surface area contributed by atoms with Crippen LogP contribution < -0.4 is 0 Å². The Labute approximate surface area is 209 Å². The van der Waals surface area contributed by atoms with Gasteiger partial charge in [-0.3, -0.25) is 0 Å². The zero-order valence-electron chi connectivity index (χ0n) is 21.4. The van der Waals surface area contributed by atoms with Crippen LogP contribution in [0.1, 0.15) is 103 Å². The molecule has 3 saturated carbocycles.